The summed E-state index contributed by atoms with van der Waals surface area (Å²) in [5.74, 6) is -0.0176. The van der Waals surface area contributed by atoms with Crippen molar-refractivity contribution in [3.63, 3.8) is 0 Å². The Morgan fingerprint density at radius 2 is 1.91 bits per heavy atom. The molecule has 0 bridgehead atoms. The predicted molar refractivity (Wildman–Crippen MR) is 40.4 cm³/mol. The number of carbonyl (C=O) groups excluding carboxylic acids is 1. The van der Waals surface area contributed by atoms with Gasteiger partial charge >= 0.3 is 82.1 Å². The molecule has 0 saturated carbocycles. The van der Waals surface area contributed by atoms with Gasteiger partial charge in [-0.25, -0.2) is 0 Å². The van der Waals surface area contributed by atoms with Crippen molar-refractivity contribution in [2.45, 2.75) is 6.92 Å². The van der Waals surface area contributed by atoms with E-state index in [2.05, 4.69) is 5.32 Å². The van der Waals surface area contributed by atoms with Gasteiger partial charge in [-0.2, -0.15) is 0 Å². The van der Waals surface area contributed by atoms with Crippen molar-refractivity contribution < 1.29 is 30.9 Å². The van der Waals surface area contributed by atoms with E-state index in [1.807, 2.05) is 24.3 Å². The molecule has 1 aromatic carbocycles. The molecule has 0 radical (unpaired) electrons. The van der Waals surface area contributed by atoms with Crippen LogP contribution in [0, 0.1) is 0 Å². The Morgan fingerprint density at radius 1 is 1.36 bits per heavy atom. The van der Waals surface area contributed by atoms with Crippen molar-refractivity contribution >= 4 is 14.7 Å². The van der Waals surface area contributed by atoms with Crippen molar-refractivity contribution in [2.24, 2.45) is 0 Å². The maximum atomic E-state index is 10.6. The average Bonchev–Trinajstić information content (AvgIpc) is 1.93. The average molecular weight is 335 g/mol. The molecule has 0 spiro atoms. The van der Waals surface area contributed by atoms with Crippen LogP contribution in [-0.4, -0.2) is 5.91 Å². The van der Waals surface area contributed by atoms with E-state index in [1.165, 1.54) is 10.00 Å². The Kier molecular flexibility index (Phi) is 3.06. The van der Waals surface area contributed by atoms with Gasteiger partial charge in [-0.1, -0.05) is 0 Å². The van der Waals surface area contributed by atoms with Gasteiger partial charge in [0.15, 0.2) is 0 Å². The number of benzene rings is 1. The third-order valence-corrected chi connectivity index (χ3v) is 3.11. The fraction of sp³-hybridized carbons (Fsp3) is 0.125. The quantitative estimate of drug-likeness (QED) is 0.757. The molecule has 1 amide bonds. The van der Waals surface area contributed by atoms with Crippen molar-refractivity contribution in [1.29, 1.82) is 0 Å². The SMILES string of the molecule is CC(=O)Nc1cc[c]([Hg+])cc1. The van der Waals surface area contributed by atoms with Crippen LogP contribution < -0.4 is 8.39 Å². The number of carbonyl (C=O) groups is 1. The van der Waals surface area contributed by atoms with E-state index < -0.39 is 0 Å². The molecule has 1 aromatic rings. The molecule has 3 heteroatoms. The van der Waals surface area contributed by atoms with Crippen LogP contribution >= 0.6 is 0 Å². The van der Waals surface area contributed by atoms with E-state index in [0.29, 0.717) is 26.1 Å². The standard InChI is InChI=1S/C8H8NO.Hg/c1-7(10)9-8-5-3-2-4-6-8;/h3-6H,1H3,(H,9,10);/q;+1. The summed E-state index contributed by atoms with van der Waals surface area (Å²) in [7, 11) is 0. The summed E-state index contributed by atoms with van der Waals surface area (Å²) >= 11 is 0.676. The van der Waals surface area contributed by atoms with Crippen molar-refractivity contribution in [1.82, 2.24) is 0 Å². The van der Waals surface area contributed by atoms with Crippen molar-refractivity contribution in [3.05, 3.63) is 24.3 Å². The molecule has 0 fully saturated rings. The Balaban J connectivity index is 2.74. The number of anilines is 1. The molecule has 0 atom stereocenters. The fourth-order valence-electron chi connectivity index (χ4n) is 0.791. The zero-order valence-corrected chi connectivity index (χ0v) is 11.9. The number of hydrogen-bond acceptors (Lipinski definition) is 1. The number of rotatable bonds is 1. The first-order chi connectivity index (χ1) is 5.18. The van der Waals surface area contributed by atoms with Crippen molar-refractivity contribution in [2.75, 3.05) is 5.32 Å². The first kappa shape index (κ1) is 8.72. The van der Waals surface area contributed by atoms with Crippen LogP contribution in [0.25, 0.3) is 0 Å². The first-order valence-corrected chi connectivity index (χ1v) is 6.13. The topological polar surface area (TPSA) is 29.1 Å². The van der Waals surface area contributed by atoms with Crippen LogP contribution in [0.1, 0.15) is 6.92 Å². The molecule has 1 N–H and O–H groups in total. The summed E-state index contributed by atoms with van der Waals surface area (Å²) in [5.41, 5.74) is 0.881. The van der Waals surface area contributed by atoms with Gasteiger partial charge in [0.1, 0.15) is 0 Å². The second-order valence-electron chi connectivity index (χ2n) is 2.38. The summed E-state index contributed by atoms with van der Waals surface area (Å²) in [4.78, 5) is 10.6. The third kappa shape index (κ3) is 3.01. The second-order valence-corrected chi connectivity index (χ2v) is 5.55. The van der Waals surface area contributed by atoms with Gasteiger partial charge in [-0.15, -0.1) is 0 Å². The summed E-state index contributed by atoms with van der Waals surface area (Å²) in [6, 6.07) is 7.97. The molecular formula is C8H8HgNO+. The van der Waals surface area contributed by atoms with Gasteiger partial charge in [0.25, 0.3) is 0 Å². The molecule has 0 heterocycles. The van der Waals surface area contributed by atoms with Crippen LogP contribution in [0.5, 0.6) is 0 Å². The van der Waals surface area contributed by atoms with Crippen LogP contribution in [0.3, 0.4) is 0 Å². The Morgan fingerprint density at radius 3 is 2.36 bits per heavy atom. The molecule has 0 unspecified atom stereocenters. The Hall–Kier alpha value is -0.375. The normalized spacial score (nSPS) is 9.36. The molecule has 52 valence electrons. The van der Waals surface area contributed by atoms with E-state index >= 15 is 0 Å². The van der Waals surface area contributed by atoms with Gasteiger partial charge < -0.3 is 0 Å². The fourth-order valence-corrected chi connectivity index (χ4v) is 1.71. The van der Waals surface area contributed by atoms with Crippen LogP contribution in [0.4, 0.5) is 5.69 Å². The molecule has 0 aliphatic heterocycles. The molecule has 0 saturated heterocycles. The van der Waals surface area contributed by atoms with E-state index in [1.54, 1.807) is 0 Å². The number of nitrogens with one attached hydrogen (secondary N) is 1. The predicted octanol–water partition coefficient (Wildman–Crippen LogP) is 0.817. The van der Waals surface area contributed by atoms with Crippen LogP contribution in [-0.2, 0) is 30.9 Å². The third-order valence-electron chi connectivity index (χ3n) is 1.27. The van der Waals surface area contributed by atoms with Gasteiger partial charge in [0.2, 0.25) is 0 Å². The zero-order chi connectivity index (χ0) is 8.27. The van der Waals surface area contributed by atoms with Crippen molar-refractivity contribution in [3.8, 4) is 0 Å². The second kappa shape index (κ2) is 3.86. The number of hydrogen-bond donors (Lipinski definition) is 1. The molecular weight excluding hydrogens is 327 g/mol. The minimum absolute atomic E-state index is 0.0176. The van der Waals surface area contributed by atoms with Gasteiger partial charge in [0.05, 0.1) is 0 Å². The van der Waals surface area contributed by atoms with Crippen LogP contribution in [0.2, 0.25) is 0 Å². The molecule has 0 aliphatic rings. The maximum absolute atomic E-state index is 10.6. The summed E-state index contributed by atoms with van der Waals surface area (Å²) < 4.78 is 1.39. The summed E-state index contributed by atoms with van der Waals surface area (Å²) in [6.07, 6.45) is 0. The molecule has 2 nitrogen and oxygen atoms in total. The Bertz CT molecular complexity index is 255. The van der Waals surface area contributed by atoms with E-state index in [-0.39, 0.29) is 5.91 Å². The summed E-state index contributed by atoms with van der Waals surface area (Å²) in [5, 5.41) is 2.71. The van der Waals surface area contributed by atoms with Gasteiger partial charge in [-0.05, 0) is 0 Å². The van der Waals surface area contributed by atoms with Crippen LogP contribution in [0.15, 0.2) is 24.3 Å². The first-order valence-electron chi connectivity index (χ1n) is 3.38. The molecule has 1 rings (SSSR count). The van der Waals surface area contributed by atoms with E-state index in [4.69, 9.17) is 0 Å². The van der Waals surface area contributed by atoms with Gasteiger partial charge in [-0.3, -0.25) is 0 Å². The minimum atomic E-state index is -0.0176. The van der Waals surface area contributed by atoms with Gasteiger partial charge in [0, 0.05) is 0 Å². The monoisotopic (exact) mass is 336 g/mol. The molecule has 0 aromatic heterocycles. The van der Waals surface area contributed by atoms with E-state index in [9.17, 15) is 4.79 Å². The van der Waals surface area contributed by atoms with E-state index in [0.717, 1.165) is 5.69 Å². The zero-order valence-electron chi connectivity index (χ0n) is 6.42. The number of amides is 1. The Labute approximate surface area is 82.0 Å². The molecule has 11 heavy (non-hydrogen) atoms. The summed E-state index contributed by atoms with van der Waals surface area (Å²) in [6.45, 7) is 1.51. The molecule has 0 aliphatic carbocycles.